The Morgan fingerprint density at radius 2 is 1.67 bits per heavy atom. The van der Waals surface area contributed by atoms with E-state index in [1.807, 2.05) is 0 Å². The zero-order chi connectivity index (χ0) is 14.1. The number of nitrogens with zero attached hydrogens (tertiary/aromatic N) is 1. The minimum absolute atomic E-state index is 0.269. The lowest BCUT2D eigenvalue weighted by molar-refractivity contribution is -0.179. The highest BCUT2D eigenvalue weighted by Gasteiger charge is 2.43. The molecule has 2 nitrogen and oxygen atoms in total. The van der Waals surface area contributed by atoms with E-state index in [2.05, 4.69) is 0 Å². The van der Waals surface area contributed by atoms with Crippen LogP contribution in [0.4, 0.5) is 13.2 Å². The summed E-state index contributed by atoms with van der Waals surface area (Å²) in [5, 5.41) is 0. The van der Waals surface area contributed by atoms with E-state index in [1.54, 1.807) is 19.9 Å². The molecular weight excluding hydrogens is 243 g/mol. The fraction of sp³-hybridized carbons (Fsp3) is 0.538. The van der Waals surface area contributed by atoms with Crippen LogP contribution in [0.1, 0.15) is 22.7 Å². The average molecular weight is 261 g/mol. The molecule has 0 aromatic heterocycles. The van der Waals surface area contributed by atoms with Crippen molar-refractivity contribution in [1.29, 1.82) is 0 Å². The summed E-state index contributed by atoms with van der Waals surface area (Å²) in [6.07, 6.45) is -4.30. The number of ether oxygens (including phenoxy) is 1. The molecule has 1 rings (SSSR count). The Hall–Kier alpha value is -1.23. The molecule has 0 aliphatic heterocycles. The quantitative estimate of drug-likeness (QED) is 0.826. The lowest BCUT2D eigenvalue weighted by Gasteiger charge is -2.29. The van der Waals surface area contributed by atoms with Gasteiger partial charge >= 0.3 is 6.18 Å². The number of methoxy groups -OCH3 is 1. The molecule has 18 heavy (non-hydrogen) atoms. The first-order chi connectivity index (χ1) is 8.20. The summed E-state index contributed by atoms with van der Waals surface area (Å²) in [5.74, 6) is 0.607. The largest absolute Gasteiger partial charge is 0.496 e. The predicted molar refractivity (Wildman–Crippen MR) is 65.0 cm³/mol. The molecular formula is C13H18F3NO. The highest BCUT2D eigenvalue weighted by Crippen LogP contribution is 2.39. The number of alkyl halides is 3. The highest BCUT2D eigenvalue weighted by atomic mass is 19.4. The maximum Gasteiger partial charge on any atom is 0.408 e. The molecule has 0 N–H and O–H groups in total. The number of hydrogen-bond acceptors (Lipinski definition) is 2. The third-order valence-corrected chi connectivity index (χ3v) is 3.12. The minimum Gasteiger partial charge on any atom is -0.496 e. The van der Waals surface area contributed by atoms with Gasteiger partial charge < -0.3 is 4.74 Å². The molecule has 0 radical (unpaired) electrons. The van der Waals surface area contributed by atoms with Crippen molar-refractivity contribution in [3.8, 4) is 5.75 Å². The van der Waals surface area contributed by atoms with E-state index in [1.165, 1.54) is 32.2 Å². The molecule has 0 aliphatic carbocycles. The van der Waals surface area contributed by atoms with Crippen LogP contribution < -0.4 is 4.74 Å². The van der Waals surface area contributed by atoms with Crippen molar-refractivity contribution in [3.05, 3.63) is 28.8 Å². The second-order valence-electron chi connectivity index (χ2n) is 4.51. The Balaban J connectivity index is 3.35. The van der Waals surface area contributed by atoms with E-state index in [-0.39, 0.29) is 5.56 Å². The van der Waals surface area contributed by atoms with Crippen molar-refractivity contribution >= 4 is 0 Å². The molecule has 1 unspecified atom stereocenters. The van der Waals surface area contributed by atoms with Crippen molar-refractivity contribution in [2.45, 2.75) is 26.1 Å². The Morgan fingerprint density at radius 1 is 1.11 bits per heavy atom. The van der Waals surface area contributed by atoms with Crippen LogP contribution in [-0.2, 0) is 0 Å². The minimum atomic E-state index is -4.30. The normalized spacial score (nSPS) is 13.8. The van der Waals surface area contributed by atoms with Gasteiger partial charge in [-0.2, -0.15) is 13.2 Å². The maximum atomic E-state index is 13.1. The zero-order valence-electron chi connectivity index (χ0n) is 11.2. The summed E-state index contributed by atoms with van der Waals surface area (Å²) >= 11 is 0. The van der Waals surface area contributed by atoms with Gasteiger partial charge in [-0.15, -0.1) is 0 Å². The molecule has 0 fully saturated rings. The summed E-state index contributed by atoms with van der Waals surface area (Å²) in [6.45, 7) is 3.45. The zero-order valence-corrected chi connectivity index (χ0v) is 11.2. The van der Waals surface area contributed by atoms with Crippen LogP contribution in [0.25, 0.3) is 0 Å². The van der Waals surface area contributed by atoms with E-state index in [0.29, 0.717) is 11.3 Å². The Bertz CT molecular complexity index is 427. The molecule has 0 amide bonds. The Kier molecular flexibility index (Phi) is 4.27. The Morgan fingerprint density at radius 3 is 2.06 bits per heavy atom. The summed E-state index contributed by atoms with van der Waals surface area (Å²) < 4.78 is 44.3. The summed E-state index contributed by atoms with van der Waals surface area (Å²) in [4.78, 5) is 1.17. The lowest BCUT2D eigenvalue weighted by atomic mass is 9.95. The Labute approximate surface area is 105 Å². The van der Waals surface area contributed by atoms with Gasteiger partial charge in [0.1, 0.15) is 11.8 Å². The SMILES string of the molecule is COc1ccc(C(N(C)C)C(F)(F)F)c(C)c1C. The van der Waals surface area contributed by atoms with Gasteiger partial charge in [0.15, 0.2) is 0 Å². The van der Waals surface area contributed by atoms with Crippen molar-refractivity contribution in [3.63, 3.8) is 0 Å². The van der Waals surface area contributed by atoms with E-state index >= 15 is 0 Å². The van der Waals surface area contributed by atoms with Crippen molar-refractivity contribution < 1.29 is 17.9 Å². The molecule has 0 aliphatic rings. The molecule has 1 atom stereocenters. The van der Waals surface area contributed by atoms with Crippen LogP contribution in [0.5, 0.6) is 5.75 Å². The fourth-order valence-electron chi connectivity index (χ4n) is 2.08. The van der Waals surface area contributed by atoms with Crippen molar-refractivity contribution in [1.82, 2.24) is 4.90 Å². The van der Waals surface area contributed by atoms with E-state index in [0.717, 1.165) is 5.56 Å². The first-order valence-corrected chi connectivity index (χ1v) is 5.57. The third kappa shape index (κ3) is 2.77. The average Bonchev–Trinajstić information content (AvgIpc) is 2.22. The first kappa shape index (κ1) is 14.8. The number of hydrogen-bond donors (Lipinski definition) is 0. The monoisotopic (exact) mass is 261 g/mol. The summed E-state index contributed by atoms with van der Waals surface area (Å²) in [7, 11) is 4.36. The summed E-state index contributed by atoms with van der Waals surface area (Å²) in [5.41, 5.74) is 1.63. The number of benzene rings is 1. The van der Waals surface area contributed by atoms with Gasteiger partial charge in [-0.25, -0.2) is 0 Å². The summed E-state index contributed by atoms with van der Waals surface area (Å²) in [6, 6.07) is 1.47. The molecule has 0 saturated carbocycles. The predicted octanol–water partition coefficient (Wildman–Crippen LogP) is 3.48. The highest BCUT2D eigenvalue weighted by molar-refractivity contribution is 5.45. The van der Waals surface area contributed by atoms with Crippen LogP contribution in [0, 0.1) is 13.8 Å². The van der Waals surface area contributed by atoms with Crippen LogP contribution in [0.3, 0.4) is 0 Å². The molecule has 0 bridgehead atoms. The second kappa shape index (κ2) is 5.18. The second-order valence-corrected chi connectivity index (χ2v) is 4.51. The first-order valence-electron chi connectivity index (χ1n) is 5.57. The van der Waals surface area contributed by atoms with E-state index in [4.69, 9.17) is 4.74 Å². The smallest absolute Gasteiger partial charge is 0.408 e. The van der Waals surface area contributed by atoms with Crippen molar-refractivity contribution in [2.75, 3.05) is 21.2 Å². The van der Waals surface area contributed by atoms with Crippen LogP contribution >= 0.6 is 0 Å². The lowest BCUT2D eigenvalue weighted by Crippen LogP contribution is -2.34. The molecule has 0 saturated heterocycles. The van der Waals surface area contributed by atoms with Crippen LogP contribution in [0.2, 0.25) is 0 Å². The molecule has 0 heterocycles. The number of halogens is 3. The molecule has 1 aromatic carbocycles. The van der Waals surface area contributed by atoms with Crippen LogP contribution in [-0.4, -0.2) is 32.3 Å². The standard InChI is InChI=1S/C13H18F3NO/c1-8-9(2)11(18-5)7-6-10(8)12(17(3)4)13(14,15)16/h6-7,12H,1-5H3. The van der Waals surface area contributed by atoms with Gasteiger partial charge in [0.25, 0.3) is 0 Å². The topological polar surface area (TPSA) is 12.5 Å². The van der Waals surface area contributed by atoms with Gasteiger partial charge in [0.05, 0.1) is 7.11 Å². The van der Waals surface area contributed by atoms with Gasteiger partial charge in [-0.1, -0.05) is 6.07 Å². The molecule has 5 heteroatoms. The van der Waals surface area contributed by atoms with Gasteiger partial charge in [-0.05, 0) is 50.7 Å². The van der Waals surface area contributed by atoms with Gasteiger partial charge in [0, 0.05) is 0 Å². The van der Waals surface area contributed by atoms with Gasteiger partial charge in [-0.3, -0.25) is 4.90 Å². The van der Waals surface area contributed by atoms with Crippen LogP contribution in [0.15, 0.2) is 12.1 Å². The van der Waals surface area contributed by atoms with E-state index < -0.39 is 12.2 Å². The third-order valence-electron chi connectivity index (χ3n) is 3.12. The fourth-order valence-corrected chi connectivity index (χ4v) is 2.08. The van der Waals surface area contributed by atoms with E-state index in [9.17, 15) is 13.2 Å². The molecule has 1 aromatic rings. The molecule has 102 valence electrons. The van der Waals surface area contributed by atoms with Crippen molar-refractivity contribution in [2.24, 2.45) is 0 Å². The van der Waals surface area contributed by atoms with Gasteiger partial charge in [0.2, 0.25) is 0 Å². The molecule has 0 spiro atoms. The maximum absolute atomic E-state index is 13.1. The number of rotatable bonds is 3.